The highest BCUT2D eigenvalue weighted by Gasteiger charge is 2.27. The van der Waals surface area contributed by atoms with Crippen molar-refractivity contribution in [1.82, 2.24) is 4.98 Å². The van der Waals surface area contributed by atoms with Crippen molar-refractivity contribution >= 4 is 61.0 Å². The van der Waals surface area contributed by atoms with Crippen molar-refractivity contribution in [2.45, 2.75) is 0 Å². The minimum atomic E-state index is -0.168. The monoisotopic (exact) mass is 471 g/mol. The number of hydrogen-bond donors (Lipinski definition) is 1. The SMILES string of the molecule is N#Cc1c(Nc2ccccc2)sc(C(=O)c2ccc(Cl)cc2)c1-c1nc2ccccc2s1. The van der Waals surface area contributed by atoms with Crippen LogP contribution in [0.25, 0.3) is 20.8 Å². The zero-order chi connectivity index (χ0) is 22.1. The molecular weight excluding hydrogens is 458 g/mol. The summed E-state index contributed by atoms with van der Waals surface area (Å²) in [6, 6.07) is 26.4. The van der Waals surface area contributed by atoms with E-state index in [4.69, 9.17) is 16.6 Å². The first-order valence-corrected chi connectivity index (χ1v) is 11.7. The molecular formula is C25H14ClN3OS2. The van der Waals surface area contributed by atoms with Gasteiger partial charge in [0.25, 0.3) is 0 Å². The maximum atomic E-state index is 13.5. The second-order valence-electron chi connectivity index (χ2n) is 6.94. The molecule has 4 nitrogen and oxygen atoms in total. The van der Waals surface area contributed by atoms with Crippen molar-refractivity contribution in [3.05, 3.63) is 99.9 Å². The summed E-state index contributed by atoms with van der Waals surface area (Å²) < 4.78 is 1.00. The number of anilines is 2. The summed E-state index contributed by atoms with van der Waals surface area (Å²) in [7, 11) is 0. The summed E-state index contributed by atoms with van der Waals surface area (Å²) in [6.07, 6.45) is 0. The summed E-state index contributed by atoms with van der Waals surface area (Å²) in [5.41, 5.74) is 3.16. The molecule has 0 fully saturated rings. The highest BCUT2D eigenvalue weighted by Crippen LogP contribution is 2.44. The van der Waals surface area contributed by atoms with Crippen molar-refractivity contribution < 1.29 is 4.79 Å². The predicted octanol–water partition coefficient (Wildman–Crippen LogP) is 7.52. The van der Waals surface area contributed by atoms with Gasteiger partial charge in [-0.3, -0.25) is 4.79 Å². The Kier molecular flexibility index (Phi) is 5.46. The van der Waals surface area contributed by atoms with Crippen LogP contribution in [0.15, 0.2) is 78.9 Å². The molecule has 2 aromatic heterocycles. The van der Waals surface area contributed by atoms with Crippen LogP contribution in [0.5, 0.6) is 0 Å². The average molecular weight is 472 g/mol. The van der Waals surface area contributed by atoms with Crippen molar-refractivity contribution in [2.24, 2.45) is 0 Å². The molecule has 2 heterocycles. The number of aromatic nitrogens is 1. The standard InChI is InChI=1S/C25H14ClN3OS2/c26-16-12-10-15(11-13-16)22(30)23-21(25-29-19-8-4-5-9-20(19)31-25)18(14-27)24(32-23)28-17-6-2-1-3-7-17/h1-13,28H. The van der Waals surface area contributed by atoms with Crippen LogP contribution in [0.1, 0.15) is 20.8 Å². The zero-order valence-corrected chi connectivity index (χ0v) is 18.9. The molecule has 0 aliphatic carbocycles. The molecule has 0 aliphatic rings. The van der Waals surface area contributed by atoms with Gasteiger partial charge in [-0.05, 0) is 48.5 Å². The Labute approximate surface area is 197 Å². The Morgan fingerprint density at radius 3 is 2.38 bits per heavy atom. The minimum absolute atomic E-state index is 0.168. The minimum Gasteiger partial charge on any atom is -0.346 e. The summed E-state index contributed by atoms with van der Waals surface area (Å²) in [4.78, 5) is 18.7. The fourth-order valence-electron chi connectivity index (χ4n) is 3.35. The normalized spacial score (nSPS) is 10.8. The molecule has 7 heteroatoms. The third kappa shape index (κ3) is 3.78. The molecule has 5 aromatic rings. The molecule has 154 valence electrons. The number of hydrogen-bond acceptors (Lipinski definition) is 6. The third-order valence-corrected chi connectivity index (χ3v) is 7.28. The molecule has 0 unspecified atom stereocenters. The number of ketones is 1. The van der Waals surface area contributed by atoms with Crippen molar-refractivity contribution in [1.29, 1.82) is 5.26 Å². The maximum Gasteiger partial charge on any atom is 0.203 e. The fraction of sp³-hybridized carbons (Fsp3) is 0. The fourth-order valence-corrected chi connectivity index (χ4v) is 5.70. The van der Waals surface area contributed by atoms with E-state index in [-0.39, 0.29) is 5.78 Å². The Hall–Kier alpha value is -3.50. The molecule has 0 aliphatic heterocycles. The van der Waals surface area contributed by atoms with Gasteiger partial charge in [-0.15, -0.1) is 22.7 Å². The first kappa shape index (κ1) is 20.4. The number of benzene rings is 3. The smallest absolute Gasteiger partial charge is 0.203 e. The van der Waals surface area contributed by atoms with Gasteiger partial charge >= 0.3 is 0 Å². The quantitative estimate of drug-likeness (QED) is 0.269. The Bertz CT molecular complexity index is 1450. The number of nitrogens with one attached hydrogen (secondary N) is 1. The van der Waals surface area contributed by atoms with Gasteiger partial charge in [0.15, 0.2) is 0 Å². The molecule has 0 radical (unpaired) electrons. The summed E-state index contributed by atoms with van der Waals surface area (Å²) in [6.45, 7) is 0. The number of fused-ring (bicyclic) bond motifs is 1. The van der Waals surface area contributed by atoms with Crippen LogP contribution in [0.3, 0.4) is 0 Å². The topological polar surface area (TPSA) is 65.8 Å². The van der Waals surface area contributed by atoms with Crippen LogP contribution in [0.4, 0.5) is 10.7 Å². The molecule has 0 saturated carbocycles. The van der Waals surface area contributed by atoms with Crippen molar-refractivity contribution in [2.75, 3.05) is 5.32 Å². The number of nitrogens with zero attached hydrogens (tertiary/aromatic N) is 2. The van der Waals surface area contributed by atoms with Gasteiger partial charge in [0.05, 0.1) is 26.2 Å². The molecule has 0 atom stereocenters. The lowest BCUT2D eigenvalue weighted by Crippen LogP contribution is -2.00. The molecule has 1 N–H and O–H groups in total. The number of carbonyl (C=O) groups excluding carboxylic acids is 1. The van der Waals surface area contributed by atoms with Crippen molar-refractivity contribution in [3.8, 4) is 16.6 Å². The molecule has 0 spiro atoms. The van der Waals surface area contributed by atoms with Crippen LogP contribution in [-0.4, -0.2) is 10.8 Å². The van der Waals surface area contributed by atoms with Gasteiger partial charge in [0, 0.05) is 16.3 Å². The number of thiophene rings is 1. The first-order chi connectivity index (χ1) is 15.6. The second-order valence-corrected chi connectivity index (χ2v) is 9.42. The van der Waals surface area contributed by atoms with Gasteiger partial charge in [-0.2, -0.15) is 5.26 Å². The van der Waals surface area contributed by atoms with E-state index < -0.39 is 0 Å². The van der Waals surface area contributed by atoms with Crippen LogP contribution < -0.4 is 5.32 Å². The van der Waals surface area contributed by atoms with Crippen LogP contribution in [-0.2, 0) is 0 Å². The highest BCUT2D eigenvalue weighted by atomic mass is 35.5. The third-order valence-electron chi connectivity index (χ3n) is 4.87. The van der Waals surface area contributed by atoms with E-state index in [2.05, 4.69) is 11.4 Å². The maximum absolute atomic E-state index is 13.5. The van der Waals surface area contributed by atoms with Gasteiger partial charge in [0.1, 0.15) is 16.1 Å². The molecule has 32 heavy (non-hydrogen) atoms. The summed E-state index contributed by atoms with van der Waals surface area (Å²) in [5, 5.41) is 15.2. The lowest BCUT2D eigenvalue weighted by Gasteiger charge is -2.03. The number of carbonyl (C=O) groups is 1. The molecule has 0 bridgehead atoms. The molecule has 3 aromatic carbocycles. The lowest BCUT2D eigenvalue weighted by molar-refractivity contribution is 0.104. The van der Waals surface area contributed by atoms with Crippen molar-refractivity contribution in [3.63, 3.8) is 0 Å². The lowest BCUT2D eigenvalue weighted by atomic mass is 10.0. The zero-order valence-electron chi connectivity index (χ0n) is 16.5. The number of nitriles is 1. The van der Waals surface area contributed by atoms with E-state index in [1.165, 1.54) is 22.7 Å². The van der Waals surface area contributed by atoms with Gasteiger partial charge in [-0.25, -0.2) is 4.98 Å². The van der Waals surface area contributed by atoms with Gasteiger partial charge < -0.3 is 5.32 Å². The largest absolute Gasteiger partial charge is 0.346 e. The second kappa shape index (κ2) is 8.56. The van der Waals surface area contributed by atoms with Gasteiger partial charge in [0.2, 0.25) is 5.78 Å². The van der Waals surface area contributed by atoms with E-state index in [1.807, 2.05) is 54.6 Å². The van der Waals surface area contributed by atoms with Crippen LogP contribution in [0, 0.1) is 11.3 Å². The Balaban J connectivity index is 1.71. The molecule has 0 amide bonds. The summed E-state index contributed by atoms with van der Waals surface area (Å²) in [5.74, 6) is -0.168. The Morgan fingerprint density at radius 2 is 1.66 bits per heavy atom. The van der Waals surface area contributed by atoms with E-state index in [9.17, 15) is 10.1 Å². The highest BCUT2D eigenvalue weighted by molar-refractivity contribution is 7.23. The average Bonchev–Trinajstić information content (AvgIpc) is 3.40. The Morgan fingerprint density at radius 1 is 0.938 bits per heavy atom. The summed E-state index contributed by atoms with van der Waals surface area (Å²) >= 11 is 8.75. The number of rotatable bonds is 5. The first-order valence-electron chi connectivity index (χ1n) is 9.69. The molecule has 0 saturated heterocycles. The van der Waals surface area contributed by atoms with E-state index >= 15 is 0 Å². The van der Waals surface area contributed by atoms with Gasteiger partial charge in [-0.1, -0.05) is 41.9 Å². The van der Waals surface area contributed by atoms with E-state index in [0.717, 1.165) is 15.9 Å². The van der Waals surface area contributed by atoms with Crippen LogP contribution in [0.2, 0.25) is 5.02 Å². The van der Waals surface area contributed by atoms with E-state index in [1.54, 1.807) is 24.3 Å². The predicted molar refractivity (Wildman–Crippen MR) is 132 cm³/mol. The van der Waals surface area contributed by atoms with E-state index in [0.29, 0.717) is 36.6 Å². The number of para-hydroxylation sites is 2. The van der Waals surface area contributed by atoms with Crippen LogP contribution >= 0.6 is 34.3 Å². The number of halogens is 1. The number of thiazole rings is 1. The molecule has 5 rings (SSSR count).